The van der Waals surface area contributed by atoms with E-state index in [2.05, 4.69) is 55.9 Å². The average Bonchev–Trinajstić information content (AvgIpc) is 3.43. The Bertz CT molecular complexity index is 1310. The maximum Gasteiger partial charge on any atom is 0.261 e. The van der Waals surface area contributed by atoms with E-state index >= 15 is 0 Å². The molecule has 36 heavy (non-hydrogen) atoms. The summed E-state index contributed by atoms with van der Waals surface area (Å²) in [4.78, 5) is 25.5. The number of hydrogen-bond acceptors (Lipinski definition) is 7. The van der Waals surface area contributed by atoms with Crippen molar-refractivity contribution in [3.05, 3.63) is 78.0 Å². The van der Waals surface area contributed by atoms with Crippen molar-refractivity contribution in [2.75, 3.05) is 24.2 Å². The normalized spacial score (nSPS) is 14.1. The number of carbonyl (C=O) groups excluding carboxylic acids is 1. The first kappa shape index (κ1) is 24.1. The molecule has 0 bridgehead atoms. The largest absolute Gasteiger partial charge is 0.356 e. The zero-order valence-electron chi connectivity index (χ0n) is 20.5. The van der Waals surface area contributed by atoms with Crippen LogP contribution >= 0.6 is 11.8 Å². The van der Waals surface area contributed by atoms with Gasteiger partial charge < -0.3 is 14.7 Å². The minimum Gasteiger partial charge on any atom is -0.356 e. The van der Waals surface area contributed by atoms with Gasteiger partial charge in [-0.1, -0.05) is 47.1 Å². The zero-order chi connectivity index (χ0) is 24.9. The first-order chi connectivity index (χ1) is 17.6. The van der Waals surface area contributed by atoms with Gasteiger partial charge in [-0.25, -0.2) is 4.98 Å². The number of nitrogens with zero attached hydrogens (tertiary/aromatic N) is 4. The average molecular weight is 500 g/mol. The highest BCUT2D eigenvalue weighted by atomic mass is 32.2. The van der Waals surface area contributed by atoms with Crippen molar-refractivity contribution in [3.8, 4) is 22.8 Å². The van der Waals surface area contributed by atoms with Crippen LogP contribution in [0.4, 0.5) is 5.82 Å². The molecule has 0 radical (unpaired) electrons. The second kappa shape index (κ2) is 11.0. The van der Waals surface area contributed by atoms with Crippen molar-refractivity contribution in [2.45, 2.75) is 31.2 Å². The summed E-state index contributed by atoms with van der Waals surface area (Å²) in [5.74, 6) is 1.92. The predicted octanol–water partition coefficient (Wildman–Crippen LogP) is 5.36. The molecule has 1 saturated heterocycles. The van der Waals surface area contributed by atoms with Crippen LogP contribution in [0.25, 0.3) is 22.8 Å². The van der Waals surface area contributed by atoms with Crippen LogP contribution in [0.1, 0.15) is 24.0 Å². The minimum absolute atomic E-state index is 0.00423. The van der Waals surface area contributed by atoms with Crippen molar-refractivity contribution < 1.29 is 9.32 Å². The van der Waals surface area contributed by atoms with Gasteiger partial charge in [0.25, 0.3) is 5.89 Å². The number of anilines is 1. The molecule has 0 saturated carbocycles. The summed E-state index contributed by atoms with van der Waals surface area (Å²) >= 11 is 1.71. The monoisotopic (exact) mass is 499 g/mol. The first-order valence-electron chi connectivity index (χ1n) is 12.1. The summed E-state index contributed by atoms with van der Waals surface area (Å²) in [6, 6.07) is 20.2. The Balaban J connectivity index is 1.22. The van der Waals surface area contributed by atoms with Crippen LogP contribution in [-0.4, -0.2) is 40.4 Å². The van der Waals surface area contributed by atoms with Crippen molar-refractivity contribution >= 4 is 23.5 Å². The molecule has 1 N–H and O–H groups in total. The van der Waals surface area contributed by atoms with Gasteiger partial charge in [0.1, 0.15) is 5.82 Å². The molecule has 184 valence electrons. The lowest BCUT2D eigenvalue weighted by Gasteiger charge is -2.32. The summed E-state index contributed by atoms with van der Waals surface area (Å²) < 4.78 is 5.62. The van der Waals surface area contributed by atoms with E-state index in [1.165, 1.54) is 10.5 Å². The van der Waals surface area contributed by atoms with Crippen molar-refractivity contribution in [2.24, 2.45) is 5.92 Å². The molecule has 1 amide bonds. The zero-order valence-corrected chi connectivity index (χ0v) is 21.3. The molecule has 8 heteroatoms. The molecule has 0 atom stereocenters. The van der Waals surface area contributed by atoms with Gasteiger partial charge in [-0.05, 0) is 55.9 Å². The van der Waals surface area contributed by atoms with Crippen LogP contribution in [0.2, 0.25) is 0 Å². The Labute approximate surface area is 215 Å². The Morgan fingerprint density at radius 1 is 1.08 bits per heavy atom. The number of nitrogens with one attached hydrogen (secondary N) is 1. The molecule has 0 spiro atoms. The molecular formula is C28H29N5O2S. The van der Waals surface area contributed by atoms with E-state index in [0.29, 0.717) is 18.3 Å². The molecule has 5 rings (SSSR count). The topological polar surface area (TPSA) is 84.2 Å². The number of carbonyl (C=O) groups is 1. The highest BCUT2D eigenvalue weighted by Crippen LogP contribution is 2.32. The van der Waals surface area contributed by atoms with Gasteiger partial charge in [-0.15, -0.1) is 11.8 Å². The van der Waals surface area contributed by atoms with Crippen LogP contribution in [-0.2, 0) is 11.3 Å². The first-order valence-corrected chi connectivity index (χ1v) is 13.3. The fraction of sp³-hybridized carbons (Fsp3) is 0.286. The van der Waals surface area contributed by atoms with Crippen molar-refractivity contribution in [1.82, 2.24) is 20.4 Å². The summed E-state index contributed by atoms with van der Waals surface area (Å²) in [5.41, 5.74) is 4.01. The van der Waals surface area contributed by atoms with E-state index in [-0.39, 0.29) is 11.8 Å². The molecule has 7 nitrogen and oxygen atoms in total. The van der Waals surface area contributed by atoms with E-state index < -0.39 is 0 Å². The van der Waals surface area contributed by atoms with Crippen LogP contribution in [0.5, 0.6) is 0 Å². The maximum atomic E-state index is 12.8. The van der Waals surface area contributed by atoms with Crippen LogP contribution < -0.4 is 10.2 Å². The van der Waals surface area contributed by atoms with Crippen molar-refractivity contribution in [1.29, 1.82) is 0 Å². The third-order valence-corrected chi connectivity index (χ3v) is 7.29. The SMILES string of the molecule is CSc1ccc(CNC(=O)C2CCN(c3ncccc3-c3nc(-c4ccc(C)cc4)no3)CC2)cc1. The van der Waals surface area contributed by atoms with E-state index in [1.54, 1.807) is 18.0 Å². The van der Waals surface area contributed by atoms with Gasteiger partial charge in [-0.3, -0.25) is 4.79 Å². The Kier molecular flexibility index (Phi) is 7.32. The molecule has 3 heterocycles. The lowest BCUT2D eigenvalue weighted by molar-refractivity contribution is -0.125. The van der Waals surface area contributed by atoms with Gasteiger partial charge >= 0.3 is 0 Å². The molecule has 2 aromatic heterocycles. The van der Waals surface area contributed by atoms with Crippen LogP contribution in [0.3, 0.4) is 0 Å². The number of aryl methyl sites for hydroxylation is 1. The molecular weight excluding hydrogens is 470 g/mol. The van der Waals surface area contributed by atoms with E-state index in [1.807, 2.05) is 43.3 Å². The molecule has 4 aromatic rings. The standard InChI is InChI=1S/C28H29N5O2S/c1-19-5-9-21(10-6-19)25-31-28(35-32-25)24-4-3-15-29-26(24)33-16-13-22(14-17-33)27(34)30-18-20-7-11-23(36-2)12-8-20/h3-12,15,22H,13-14,16-18H2,1-2H3,(H,30,34). The maximum absolute atomic E-state index is 12.8. The van der Waals surface area contributed by atoms with Gasteiger partial charge in [0.05, 0.1) is 5.56 Å². The van der Waals surface area contributed by atoms with E-state index in [4.69, 9.17) is 4.52 Å². The Morgan fingerprint density at radius 2 is 1.83 bits per heavy atom. The summed E-state index contributed by atoms with van der Waals surface area (Å²) in [7, 11) is 0. The molecule has 2 aromatic carbocycles. The number of aromatic nitrogens is 3. The highest BCUT2D eigenvalue weighted by Gasteiger charge is 2.27. The molecule has 1 aliphatic rings. The summed E-state index contributed by atoms with van der Waals surface area (Å²) in [6.45, 7) is 4.08. The lowest BCUT2D eigenvalue weighted by atomic mass is 9.95. The fourth-order valence-corrected chi connectivity index (χ4v) is 4.81. The van der Waals surface area contributed by atoms with Gasteiger partial charge in [-0.2, -0.15) is 4.98 Å². The minimum atomic E-state index is -0.00423. The third-order valence-electron chi connectivity index (χ3n) is 6.54. The van der Waals surface area contributed by atoms with Gasteiger partial charge in [0.15, 0.2) is 0 Å². The molecule has 0 unspecified atom stereocenters. The predicted molar refractivity (Wildman–Crippen MR) is 143 cm³/mol. The molecule has 0 aliphatic carbocycles. The highest BCUT2D eigenvalue weighted by molar-refractivity contribution is 7.98. The summed E-state index contributed by atoms with van der Waals surface area (Å²) in [5, 5.41) is 7.29. The number of rotatable bonds is 7. The van der Waals surface area contributed by atoms with E-state index in [9.17, 15) is 4.79 Å². The van der Waals surface area contributed by atoms with Crippen molar-refractivity contribution in [3.63, 3.8) is 0 Å². The Morgan fingerprint density at radius 3 is 2.56 bits per heavy atom. The summed E-state index contributed by atoms with van der Waals surface area (Å²) in [6.07, 6.45) is 5.37. The lowest BCUT2D eigenvalue weighted by Crippen LogP contribution is -2.40. The number of benzene rings is 2. The number of amides is 1. The quantitative estimate of drug-likeness (QED) is 0.343. The van der Waals surface area contributed by atoms with Gasteiger partial charge in [0.2, 0.25) is 11.7 Å². The van der Waals surface area contributed by atoms with E-state index in [0.717, 1.165) is 48.4 Å². The number of pyridine rings is 1. The smallest absolute Gasteiger partial charge is 0.261 e. The second-order valence-corrected chi connectivity index (χ2v) is 9.87. The number of piperidine rings is 1. The Hall–Kier alpha value is -3.65. The number of hydrogen-bond donors (Lipinski definition) is 1. The second-order valence-electron chi connectivity index (χ2n) is 8.99. The van der Waals surface area contributed by atoms with Gasteiger partial charge in [0, 0.05) is 42.2 Å². The van der Waals surface area contributed by atoms with Crippen LogP contribution in [0.15, 0.2) is 76.3 Å². The molecule has 1 fully saturated rings. The fourth-order valence-electron chi connectivity index (χ4n) is 4.40. The van der Waals surface area contributed by atoms with Crippen LogP contribution in [0, 0.1) is 12.8 Å². The third kappa shape index (κ3) is 5.44. The number of thioether (sulfide) groups is 1. The molecule has 1 aliphatic heterocycles.